The summed E-state index contributed by atoms with van der Waals surface area (Å²) < 4.78 is 0. The molecule has 2 aliphatic rings. The second-order valence-electron chi connectivity index (χ2n) is 5.80. The lowest BCUT2D eigenvalue weighted by Gasteiger charge is -2.14. The number of para-hydroxylation sites is 2. The summed E-state index contributed by atoms with van der Waals surface area (Å²) in [6.45, 7) is -0.402. The zero-order chi connectivity index (χ0) is 19.0. The Bertz CT molecular complexity index is 1030. The van der Waals surface area contributed by atoms with Crippen LogP contribution in [-0.2, 0) is 9.59 Å². The Hall–Kier alpha value is -4.01. The van der Waals surface area contributed by atoms with Gasteiger partial charge in [0.1, 0.15) is 6.54 Å². The number of guanidine groups is 1. The number of benzene rings is 2. The topological polar surface area (TPSA) is 120 Å². The van der Waals surface area contributed by atoms with Crippen molar-refractivity contribution in [1.29, 1.82) is 0 Å². The summed E-state index contributed by atoms with van der Waals surface area (Å²) in [5.74, 6) is -2.50. The standard InChI is InChI=1S/C18H13N5O4/c24-14(23-13-8-4-2-6-11(13)15(25)17(23)27)9-19-18-20-12-7-3-1-5-10(12)16(26)21-22-18/h1-8H,9H2,(H,21,26)(H2,19,20,22). The molecule has 2 heterocycles. The van der Waals surface area contributed by atoms with E-state index in [0.717, 1.165) is 4.90 Å². The molecule has 2 aromatic rings. The Morgan fingerprint density at radius 3 is 2.44 bits per heavy atom. The molecular weight excluding hydrogens is 350 g/mol. The van der Waals surface area contributed by atoms with E-state index in [4.69, 9.17) is 0 Å². The molecule has 2 aromatic carbocycles. The number of carbonyl (C=O) groups excluding carboxylic acids is 4. The smallest absolute Gasteiger partial charge is 0.306 e. The van der Waals surface area contributed by atoms with Crippen LogP contribution in [0.3, 0.4) is 0 Å². The van der Waals surface area contributed by atoms with Crippen molar-refractivity contribution in [1.82, 2.24) is 10.9 Å². The monoisotopic (exact) mass is 363 g/mol. The van der Waals surface area contributed by atoms with E-state index in [1.165, 1.54) is 12.1 Å². The zero-order valence-corrected chi connectivity index (χ0v) is 13.9. The minimum Gasteiger partial charge on any atom is -0.324 e. The number of ketones is 1. The molecule has 0 saturated heterocycles. The van der Waals surface area contributed by atoms with E-state index in [9.17, 15) is 19.2 Å². The summed E-state index contributed by atoms with van der Waals surface area (Å²) >= 11 is 0. The van der Waals surface area contributed by atoms with E-state index in [1.807, 2.05) is 0 Å². The van der Waals surface area contributed by atoms with Gasteiger partial charge in [-0.15, -0.1) is 0 Å². The molecule has 4 rings (SSSR count). The molecule has 0 unspecified atom stereocenters. The van der Waals surface area contributed by atoms with Gasteiger partial charge >= 0.3 is 5.91 Å². The van der Waals surface area contributed by atoms with Gasteiger partial charge in [0.2, 0.25) is 5.96 Å². The second-order valence-corrected chi connectivity index (χ2v) is 5.80. The molecular formula is C18H13N5O4. The molecule has 9 nitrogen and oxygen atoms in total. The minimum absolute atomic E-state index is 0.132. The maximum absolute atomic E-state index is 12.5. The molecule has 0 saturated carbocycles. The van der Waals surface area contributed by atoms with Gasteiger partial charge in [-0.2, -0.15) is 0 Å². The number of rotatable bonds is 2. The van der Waals surface area contributed by atoms with Crippen LogP contribution in [0.25, 0.3) is 0 Å². The molecule has 3 amide bonds. The number of anilines is 2. The number of fused-ring (bicyclic) bond motifs is 2. The molecule has 0 fully saturated rings. The molecule has 2 aliphatic heterocycles. The van der Waals surface area contributed by atoms with Gasteiger partial charge in [0, 0.05) is 0 Å². The summed E-state index contributed by atoms with van der Waals surface area (Å²) in [7, 11) is 0. The van der Waals surface area contributed by atoms with Crippen LogP contribution in [0.2, 0.25) is 0 Å². The molecule has 0 spiro atoms. The van der Waals surface area contributed by atoms with Crippen LogP contribution >= 0.6 is 0 Å². The van der Waals surface area contributed by atoms with Crippen LogP contribution in [0.5, 0.6) is 0 Å². The third-order valence-electron chi connectivity index (χ3n) is 4.13. The molecule has 0 atom stereocenters. The summed E-state index contributed by atoms with van der Waals surface area (Å²) in [6.07, 6.45) is 0. The second kappa shape index (κ2) is 6.37. The largest absolute Gasteiger partial charge is 0.324 e. The number of nitrogens with one attached hydrogen (secondary N) is 3. The van der Waals surface area contributed by atoms with E-state index in [0.29, 0.717) is 11.3 Å². The van der Waals surface area contributed by atoms with Crippen LogP contribution in [-0.4, -0.2) is 36.0 Å². The highest BCUT2D eigenvalue weighted by Gasteiger charge is 2.39. The van der Waals surface area contributed by atoms with E-state index in [1.54, 1.807) is 36.4 Å². The number of Topliss-reactive ketones (excluding diaryl/α,β-unsaturated/α-hetero) is 1. The van der Waals surface area contributed by atoms with Crippen molar-refractivity contribution in [3.8, 4) is 0 Å². The van der Waals surface area contributed by atoms with Crippen LogP contribution < -0.4 is 21.1 Å². The highest BCUT2D eigenvalue weighted by molar-refractivity contribution is 6.56. The van der Waals surface area contributed by atoms with Gasteiger partial charge in [-0.1, -0.05) is 24.3 Å². The first-order valence-electron chi connectivity index (χ1n) is 8.04. The summed E-state index contributed by atoms with van der Waals surface area (Å²) in [5.41, 5.74) is 6.40. The Morgan fingerprint density at radius 1 is 0.926 bits per heavy atom. The Kier molecular flexibility index (Phi) is 3.88. The predicted molar refractivity (Wildman–Crippen MR) is 96.2 cm³/mol. The number of aliphatic imine (C=N–C) groups is 1. The Morgan fingerprint density at radius 2 is 1.63 bits per heavy atom. The van der Waals surface area contributed by atoms with Crippen molar-refractivity contribution in [2.75, 3.05) is 16.8 Å². The molecule has 9 heteroatoms. The van der Waals surface area contributed by atoms with Crippen LogP contribution in [0.1, 0.15) is 20.7 Å². The molecule has 134 valence electrons. The van der Waals surface area contributed by atoms with Crippen molar-refractivity contribution in [3.05, 3.63) is 59.7 Å². The SMILES string of the molecule is O=C1NNC(=NCC(=O)N2C(=O)C(=O)c3ccccc32)Nc2ccccc21. The third kappa shape index (κ3) is 2.80. The average Bonchev–Trinajstić information content (AvgIpc) is 2.83. The Balaban J connectivity index is 1.55. The van der Waals surface area contributed by atoms with Gasteiger partial charge in [0.25, 0.3) is 17.6 Å². The molecule has 0 radical (unpaired) electrons. The number of imide groups is 1. The van der Waals surface area contributed by atoms with E-state index in [-0.39, 0.29) is 23.1 Å². The lowest BCUT2D eigenvalue weighted by Crippen LogP contribution is -2.43. The van der Waals surface area contributed by atoms with Gasteiger partial charge < -0.3 is 5.32 Å². The van der Waals surface area contributed by atoms with Crippen LogP contribution in [0, 0.1) is 0 Å². The van der Waals surface area contributed by atoms with Crippen molar-refractivity contribution < 1.29 is 19.2 Å². The maximum Gasteiger partial charge on any atom is 0.306 e. The van der Waals surface area contributed by atoms with Gasteiger partial charge in [-0.3, -0.25) is 30.0 Å². The lowest BCUT2D eigenvalue weighted by molar-refractivity contribution is -0.123. The van der Waals surface area contributed by atoms with Crippen LogP contribution in [0.15, 0.2) is 53.5 Å². The van der Waals surface area contributed by atoms with Gasteiger partial charge in [-0.25, -0.2) is 9.89 Å². The molecule has 3 N–H and O–H groups in total. The Labute approximate surface area is 153 Å². The number of carbonyl (C=O) groups is 4. The van der Waals surface area contributed by atoms with Crippen molar-refractivity contribution in [3.63, 3.8) is 0 Å². The summed E-state index contributed by atoms with van der Waals surface area (Å²) in [6, 6.07) is 13.1. The van der Waals surface area contributed by atoms with Crippen molar-refractivity contribution in [2.24, 2.45) is 4.99 Å². The number of nitrogens with zero attached hydrogens (tertiary/aromatic N) is 2. The first-order valence-corrected chi connectivity index (χ1v) is 8.04. The van der Waals surface area contributed by atoms with Gasteiger partial charge in [0.05, 0.1) is 22.5 Å². The first kappa shape index (κ1) is 16.5. The average molecular weight is 363 g/mol. The van der Waals surface area contributed by atoms with Crippen molar-refractivity contribution in [2.45, 2.75) is 0 Å². The zero-order valence-electron chi connectivity index (χ0n) is 13.9. The highest BCUT2D eigenvalue weighted by atomic mass is 16.2. The summed E-state index contributed by atoms with van der Waals surface area (Å²) in [5, 5.41) is 2.91. The van der Waals surface area contributed by atoms with Gasteiger partial charge in [-0.05, 0) is 24.3 Å². The quantitative estimate of drug-likeness (QED) is 0.667. The maximum atomic E-state index is 12.5. The molecule has 27 heavy (non-hydrogen) atoms. The normalized spacial score (nSPS) is 16.8. The fourth-order valence-corrected chi connectivity index (χ4v) is 2.86. The fraction of sp³-hybridized carbons (Fsp3) is 0.0556. The van der Waals surface area contributed by atoms with Gasteiger partial charge in [0.15, 0.2) is 0 Å². The van der Waals surface area contributed by atoms with E-state index in [2.05, 4.69) is 21.2 Å². The number of hydrogen-bond acceptors (Lipinski definition) is 5. The minimum atomic E-state index is -0.901. The summed E-state index contributed by atoms with van der Waals surface area (Å²) in [4.78, 5) is 53.5. The van der Waals surface area contributed by atoms with E-state index < -0.39 is 24.1 Å². The highest BCUT2D eigenvalue weighted by Crippen LogP contribution is 2.28. The molecule has 0 aromatic heterocycles. The third-order valence-corrected chi connectivity index (χ3v) is 4.13. The number of hydrazine groups is 1. The van der Waals surface area contributed by atoms with Crippen molar-refractivity contribution >= 4 is 40.8 Å². The molecule has 0 aliphatic carbocycles. The number of hydrogen-bond donors (Lipinski definition) is 3. The fourth-order valence-electron chi connectivity index (χ4n) is 2.86. The lowest BCUT2D eigenvalue weighted by atomic mass is 10.1. The predicted octanol–water partition coefficient (Wildman–Crippen LogP) is 0.459. The van der Waals surface area contributed by atoms with E-state index >= 15 is 0 Å². The number of amides is 3. The van der Waals surface area contributed by atoms with Crippen LogP contribution in [0.4, 0.5) is 11.4 Å². The molecule has 0 bridgehead atoms. The first-order chi connectivity index (χ1) is 13.1.